The summed E-state index contributed by atoms with van der Waals surface area (Å²) >= 11 is 1.85. The lowest BCUT2D eigenvalue weighted by Gasteiger charge is -2.26. The molecule has 2 aromatic heterocycles. The third-order valence-electron chi connectivity index (χ3n) is 8.42. The van der Waals surface area contributed by atoms with Crippen LogP contribution in [0.25, 0.3) is 64.0 Å². The van der Waals surface area contributed by atoms with E-state index in [0.717, 1.165) is 39.0 Å². The average Bonchev–Trinajstić information content (AvgIpc) is 3.63. The maximum Gasteiger partial charge on any atom is 0.135 e. The van der Waals surface area contributed by atoms with Crippen molar-refractivity contribution in [3.05, 3.63) is 152 Å². The van der Waals surface area contributed by atoms with Gasteiger partial charge in [0.1, 0.15) is 11.2 Å². The van der Waals surface area contributed by atoms with Gasteiger partial charge in [-0.3, -0.25) is 0 Å². The molecule has 202 valence electrons. The van der Waals surface area contributed by atoms with Crippen LogP contribution in [0.15, 0.2) is 156 Å². The fraction of sp³-hybridized carbons (Fsp3) is 0. The van der Waals surface area contributed by atoms with Gasteiger partial charge in [0, 0.05) is 48.0 Å². The molecule has 2 heterocycles. The van der Waals surface area contributed by atoms with Crippen molar-refractivity contribution >= 4 is 81.3 Å². The van der Waals surface area contributed by atoms with Crippen LogP contribution >= 0.6 is 11.3 Å². The normalized spacial score (nSPS) is 11.7. The van der Waals surface area contributed by atoms with Gasteiger partial charge in [-0.25, -0.2) is 0 Å². The number of fused-ring (bicyclic) bond motifs is 7. The van der Waals surface area contributed by atoms with Crippen molar-refractivity contribution in [3.8, 4) is 11.1 Å². The zero-order valence-electron chi connectivity index (χ0n) is 23.2. The molecule has 9 rings (SSSR count). The molecule has 3 heteroatoms. The molecule has 0 aliphatic rings. The minimum Gasteiger partial charge on any atom is -0.456 e. The van der Waals surface area contributed by atoms with Gasteiger partial charge in [0.05, 0.1) is 0 Å². The number of furan rings is 1. The van der Waals surface area contributed by atoms with E-state index < -0.39 is 0 Å². The van der Waals surface area contributed by atoms with E-state index in [-0.39, 0.29) is 0 Å². The second-order valence-electron chi connectivity index (χ2n) is 11.0. The zero-order valence-corrected chi connectivity index (χ0v) is 24.0. The van der Waals surface area contributed by atoms with E-state index in [1.54, 1.807) is 0 Å². The number of rotatable bonds is 4. The Bertz CT molecular complexity index is 2370. The summed E-state index contributed by atoms with van der Waals surface area (Å²) in [6, 6.07) is 54.5. The van der Waals surface area contributed by atoms with Crippen molar-refractivity contribution in [3.63, 3.8) is 0 Å². The van der Waals surface area contributed by atoms with E-state index in [9.17, 15) is 0 Å². The van der Waals surface area contributed by atoms with Crippen LogP contribution in [0.4, 0.5) is 17.1 Å². The first-order chi connectivity index (χ1) is 21.3. The number of benzene rings is 7. The number of para-hydroxylation sites is 1. The molecule has 0 atom stereocenters. The van der Waals surface area contributed by atoms with E-state index in [2.05, 4.69) is 144 Å². The molecule has 0 aliphatic heterocycles. The number of anilines is 3. The quantitative estimate of drug-likeness (QED) is 0.210. The number of hydrogen-bond donors (Lipinski definition) is 0. The number of thiophene rings is 1. The van der Waals surface area contributed by atoms with Crippen LogP contribution in [0.1, 0.15) is 0 Å². The lowest BCUT2D eigenvalue weighted by molar-refractivity contribution is 0.669. The van der Waals surface area contributed by atoms with E-state index in [1.807, 2.05) is 23.5 Å². The van der Waals surface area contributed by atoms with Crippen molar-refractivity contribution in [1.82, 2.24) is 0 Å². The average molecular weight is 568 g/mol. The third kappa shape index (κ3) is 4.01. The molecular formula is C40H25NOS. The van der Waals surface area contributed by atoms with Crippen molar-refractivity contribution in [2.75, 3.05) is 4.90 Å². The Balaban J connectivity index is 1.26. The summed E-state index contributed by atoms with van der Waals surface area (Å²) in [4.78, 5) is 2.37. The number of hydrogen-bond acceptors (Lipinski definition) is 3. The van der Waals surface area contributed by atoms with Gasteiger partial charge >= 0.3 is 0 Å². The Labute approximate surface area is 252 Å². The van der Waals surface area contributed by atoms with Crippen LogP contribution in [-0.4, -0.2) is 0 Å². The maximum atomic E-state index is 6.19. The first-order valence-electron chi connectivity index (χ1n) is 14.5. The SMILES string of the molecule is c1cc(-c2ccc3ccccc3c2)cc(N(c2ccc3oc4ccccc4c3c2)c2ccc3sc4ccccc4c3c2)c1. The van der Waals surface area contributed by atoms with Crippen LogP contribution in [-0.2, 0) is 0 Å². The molecule has 0 aliphatic carbocycles. The van der Waals surface area contributed by atoms with Gasteiger partial charge in [-0.2, -0.15) is 0 Å². The molecule has 0 unspecified atom stereocenters. The first kappa shape index (κ1) is 24.2. The summed E-state index contributed by atoms with van der Waals surface area (Å²) in [5, 5.41) is 7.32. The zero-order chi connectivity index (χ0) is 28.3. The van der Waals surface area contributed by atoms with Gasteiger partial charge in [0.25, 0.3) is 0 Å². The predicted octanol–water partition coefficient (Wildman–Crippen LogP) is 12.2. The lowest BCUT2D eigenvalue weighted by Crippen LogP contribution is -2.10. The fourth-order valence-electron chi connectivity index (χ4n) is 6.35. The summed E-state index contributed by atoms with van der Waals surface area (Å²) in [7, 11) is 0. The molecule has 0 radical (unpaired) electrons. The van der Waals surface area contributed by atoms with Gasteiger partial charge in [-0.15, -0.1) is 11.3 Å². The predicted molar refractivity (Wildman–Crippen MR) is 184 cm³/mol. The van der Waals surface area contributed by atoms with Crippen molar-refractivity contribution in [1.29, 1.82) is 0 Å². The summed E-state index contributed by atoms with van der Waals surface area (Å²) in [6.45, 7) is 0. The van der Waals surface area contributed by atoms with Gasteiger partial charge < -0.3 is 9.32 Å². The Hall–Kier alpha value is -5.38. The second kappa shape index (κ2) is 9.59. The van der Waals surface area contributed by atoms with Gasteiger partial charge in [0.2, 0.25) is 0 Å². The third-order valence-corrected chi connectivity index (χ3v) is 9.58. The largest absolute Gasteiger partial charge is 0.456 e. The summed E-state index contributed by atoms with van der Waals surface area (Å²) in [6.07, 6.45) is 0. The molecule has 0 spiro atoms. The highest BCUT2D eigenvalue weighted by Gasteiger charge is 2.17. The standard InChI is InChI=1S/C40H25NOS/c1-2-9-27-22-29(17-16-26(27)8-1)28-10-7-11-30(23-28)41(31-18-20-38-35(24-31)33-12-3-5-14-37(33)42-38)32-19-21-40-36(25-32)34-13-4-6-15-39(34)43-40/h1-25H. The fourth-order valence-corrected chi connectivity index (χ4v) is 7.43. The van der Waals surface area contributed by atoms with Crippen LogP contribution in [0.2, 0.25) is 0 Å². The summed E-state index contributed by atoms with van der Waals surface area (Å²) in [5.41, 5.74) is 7.52. The van der Waals surface area contributed by atoms with Crippen LogP contribution < -0.4 is 4.90 Å². The molecule has 0 saturated carbocycles. The molecule has 0 saturated heterocycles. The van der Waals surface area contributed by atoms with Gasteiger partial charge in [0.15, 0.2) is 0 Å². The first-order valence-corrected chi connectivity index (χ1v) is 15.3. The smallest absolute Gasteiger partial charge is 0.135 e. The van der Waals surface area contributed by atoms with Crippen LogP contribution in [0.5, 0.6) is 0 Å². The van der Waals surface area contributed by atoms with Crippen molar-refractivity contribution in [2.45, 2.75) is 0 Å². The molecule has 7 aromatic carbocycles. The molecule has 0 N–H and O–H groups in total. The Kier molecular flexibility index (Phi) is 5.40. The van der Waals surface area contributed by atoms with E-state index in [0.29, 0.717) is 0 Å². The maximum absolute atomic E-state index is 6.19. The minimum atomic E-state index is 0.897. The van der Waals surface area contributed by atoms with Crippen LogP contribution in [0, 0.1) is 0 Å². The lowest BCUT2D eigenvalue weighted by atomic mass is 10.0. The van der Waals surface area contributed by atoms with Gasteiger partial charge in [-0.1, -0.05) is 84.9 Å². The molecule has 2 nitrogen and oxygen atoms in total. The van der Waals surface area contributed by atoms with Crippen LogP contribution in [0.3, 0.4) is 0 Å². The van der Waals surface area contributed by atoms with Crippen molar-refractivity contribution < 1.29 is 4.42 Å². The van der Waals surface area contributed by atoms with Crippen molar-refractivity contribution in [2.24, 2.45) is 0 Å². The van der Waals surface area contributed by atoms with E-state index >= 15 is 0 Å². The monoisotopic (exact) mass is 567 g/mol. The molecule has 9 aromatic rings. The molecule has 0 fully saturated rings. The topological polar surface area (TPSA) is 16.4 Å². The summed E-state index contributed by atoms with van der Waals surface area (Å²) in [5.74, 6) is 0. The van der Waals surface area contributed by atoms with Gasteiger partial charge in [-0.05, 0) is 88.6 Å². The molecule has 43 heavy (non-hydrogen) atoms. The molecule has 0 bridgehead atoms. The minimum absolute atomic E-state index is 0.897. The highest BCUT2D eigenvalue weighted by atomic mass is 32.1. The summed E-state index contributed by atoms with van der Waals surface area (Å²) < 4.78 is 8.80. The molecule has 0 amide bonds. The van der Waals surface area contributed by atoms with E-state index in [4.69, 9.17) is 4.42 Å². The Morgan fingerprint density at radius 3 is 2.00 bits per heavy atom. The number of nitrogens with zero attached hydrogens (tertiary/aromatic N) is 1. The highest BCUT2D eigenvalue weighted by molar-refractivity contribution is 7.25. The highest BCUT2D eigenvalue weighted by Crippen LogP contribution is 2.43. The second-order valence-corrected chi connectivity index (χ2v) is 12.1. The Morgan fingerprint density at radius 2 is 1.07 bits per heavy atom. The van der Waals surface area contributed by atoms with E-state index in [1.165, 1.54) is 42.1 Å². The molecular weight excluding hydrogens is 543 g/mol. The Morgan fingerprint density at radius 1 is 0.395 bits per heavy atom.